The van der Waals surface area contributed by atoms with Crippen LogP contribution in [0.5, 0.6) is 5.75 Å². The normalized spacial score (nSPS) is 13.5. The zero-order valence-electron chi connectivity index (χ0n) is 13.3. The maximum absolute atomic E-state index is 11.8. The third kappa shape index (κ3) is 5.35. The molecule has 0 spiro atoms. The van der Waals surface area contributed by atoms with E-state index in [4.69, 9.17) is 20.5 Å². The molecular weight excluding hydrogens is 333 g/mol. The number of rotatable bonds is 8. The van der Waals surface area contributed by atoms with Gasteiger partial charge in [0.2, 0.25) is 0 Å². The van der Waals surface area contributed by atoms with Crippen LogP contribution in [0.15, 0.2) is 42.5 Å². The Bertz CT molecular complexity index is 647. The first-order chi connectivity index (χ1) is 11.1. The molecule has 1 N–H and O–H groups in total. The third-order valence-electron chi connectivity index (χ3n) is 3.32. The molecule has 0 radical (unpaired) electrons. The smallest absolute Gasteiger partial charge is 0.323 e. The van der Waals surface area contributed by atoms with Gasteiger partial charge in [0, 0.05) is 5.39 Å². The minimum Gasteiger partial charge on any atom is -0.465 e. The van der Waals surface area contributed by atoms with Gasteiger partial charge in [0.15, 0.2) is 0 Å². The van der Waals surface area contributed by atoms with E-state index in [-0.39, 0.29) is 5.97 Å². The number of carbonyl (C=O) groups excluding carboxylic acids is 1. The van der Waals surface area contributed by atoms with Crippen molar-refractivity contribution in [2.45, 2.75) is 32.7 Å². The Morgan fingerprint density at radius 2 is 2.00 bits per heavy atom. The van der Waals surface area contributed by atoms with Crippen molar-refractivity contribution in [3.8, 4) is 5.75 Å². The highest BCUT2D eigenvalue weighted by Crippen LogP contribution is 2.42. The topological polar surface area (TPSA) is 47.6 Å². The molecule has 6 heteroatoms. The van der Waals surface area contributed by atoms with E-state index in [9.17, 15) is 4.79 Å². The zero-order chi connectivity index (χ0) is 16.7. The van der Waals surface area contributed by atoms with Gasteiger partial charge in [-0.25, -0.2) is 5.09 Å². The fraction of sp³-hybridized carbons (Fsp3) is 0.353. The fourth-order valence-corrected chi connectivity index (χ4v) is 3.49. The van der Waals surface area contributed by atoms with Gasteiger partial charge in [-0.15, -0.1) is 0 Å². The summed E-state index contributed by atoms with van der Waals surface area (Å²) in [5, 5.41) is 5.02. The Kier molecular flexibility index (Phi) is 7.10. The number of hydrogen-bond donors (Lipinski definition) is 1. The molecule has 0 amide bonds. The van der Waals surface area contributed by atoms with Gasteiger partial charge in [0.25, 0.3) is 7.65 Å². The van der Waals surface area contributed by atoms with Gasteiger partial charge < -0.3 is 9.26 Å². The van der Waals surface area contributed by atoms with E-state index in [1.54, 1.807) is 6.92 Å². The Hall–Kier alpha value is -1.35. The van der Waals surface area contributed by atoms with Crippen LogP contribution in [0.1, 0.15) is 26.7 Å². The van der Waals surface area contributed by atoms with Crippen LogP contribution in [0, 0.1) is 0 Å². The molecular formula is C17H21ClNO3P. The molecule has 0 aromatic heterocycles. The Labute approximate surface area is 142 Å². The second-order valence-electron chi connectivity index (χ2n) is 5.19. The summed E-state index contributed by atoms with van der Waals surface area (Å²) in [6.45, 7) is 4.20. The molecule has 0 aliphatic carbocycles. The predicted octanol–water partition coefficient (Wildman–Crippen LogP) is 5.01. The van der Waals surface area contributed by atoms with Gasteiger partial charge in [0.1, 0.15) is 11.8 Å². The van der Waals surface area contributed by atoms with Crippen molar-refractivity contribution in [2.24, 2.45) is 0 Å². The molecule has 0 aliphatic heterocycles. The van der Waals surface area contributed by atoms with Crippen molar-refractivity contribution >= 4 is 35.6 Å². The highest BCUT2D eigenvalue weighted by molar-refractivity contribution is 7.78. The van der Waals surface area contributed by atoms with Gasteiger partial charge >= 0.3 is 5.97 Å². The third-order valence-corrected chi connectivity index (χ3v) is 4.77. The average Bonchev–Trinajstić information content (AvgIpc) is 2.55. The molecule has 0 heterocycles. The first-order valence-corrected chi connectivity index (χ1v) is 9.82. The predicted molar refractivity (Wildman–Crippen MR) is 95.8 cm³/mol. The van der Waals surface area contributed by atoms with Crippen LogP contribution in [0.2, 0.25) is 0 Å². The largest absolute Gasteiger partial charge is 0.465 e. The maximum atomic E-state index is 11.8. The molecule has 0 aliphatic rings. The monoisotopic (exact) mass is 353 g/mol. The molecule has 1 unspecified atom stereocenters. The average molecular weight is 354 g/mol. The van der Waals surface area contributed by atoms with Gasteiger partial charge in [-0.2, -0.15) is 0 Å². The number of unbranched alkanes of at least 4 members (excludes halogenated alkanes) is 1. The van der Waals surface area contributed by atoms with E-state index < -0.39 is 13.7 Å². The quantitative estimate of drug-likeness (QED) is 0.412. The summed E-state index contributed by atoms with van der Waals surface area (Å²) in [6, 6.07) is 13.2. The standard InChI is InChI=1S/C17H21ClNO3P/c1-3-4-12-21-17(20)13(2)19-23(18)22-16-11-7-9-14-8-5-6-10-15(14)16/h5-11,13,19H,3-4,12H2,1-2H3/t13-,23?/m0/s1. The highest BCUT2D eigenvalue weighted by Gasteiger charge is 2.20. The van der Waals surface area contributed by atoms with Crippen molar-refractivity contribution in [2.75, 3.05) is 6.61 Å². The molecule has 124 valence electrons. The number of nitrogens with one attached hydrogen (secondary N) is 1. The van der Waals surface area contributed by atoms with E-state index in [0.29, 0.717) is 12.4 Å². The van der Waals surface area contributed by atoms with Crippen LogP contribution in [0.3, 0.4) is 0 Å². The lowest BCUT2D eigenvalue weighted by Crippen LogP contribution is -2.32. The highest BCUT2D eigenvalue weighted by atomic mass is 35.7. The Balaban J connectivity index is 1.93. The molecule has 4 nitrogen and oxygen atoms in total. The van der Waals surface area contributed by atoms with E-state index >= 15 is 0 Å². The number of halogens is 1. The summed E-state index contributed by atoms with van der Waals surface area (Å²) in [7, 11) is -1.50. The minimum absolute atomic E-state index is 0.312. The maximum Gasteiger partial charge on any atom is 0.323 e. The van der Waals surface area contributed by atoms with E-state index in [0.717, 1.165) is 23.6 Å². The van der Waals surface area contributed by atoms with Crippen LogP contribution < -0.4 is 9.61 Å². The molecule has 2 rings (SSSR count). The van der Waals surface area contributed by atoms with Crippen LogP contribution in [-0.2, 0) is 9.53 Å². The van der Waals surface area contributed by atoms with Crippen molar-refractivity contribution in [3.05, 3.63) is 42.5 Å². The van der Waals surface area contributed by atoms with Crippen LogP contribution >= 0.6 is 18.9 Å². The van der Waals surface area contributed by atoms with E-state index in [2.05, 4.69) is 5.09 Å². The summed E-state index contributed by atoms with van der Waals surface area (Å²) in [6.07, 6.45) is 1.85. The molecule has 0 bridgehead atoms. The lowest BCUT2D eigenvalue weighted by atomic mass is 10.1. The summed E-state index contributed by atoms with van der Waals surface area (Å²) < 4.78 is 10.9. The van der Waals surface area contributed by atoms with Gasteiger partial charge in [-0.3, -0.25) is 4.79 Å². The molecule has 0 saturated carbocycles. The number of fused-ring (bicyclic) bond motifs is 1. The zero-order valence-corrected chi connectivity index (χ0v) is 14.9. The van der Waals surface area contributed by atoms with Crippen molar-refractivity contribution < 1.29 is 14.1 Å². The molecule has 2 aromatic carbocycles. The van der Waals surface area contributed by atoms with Crippen LogP contribution in [0.25, 0.3) is 10.8 Å². The molecule has 2 aromatic rings. The molecule has 0 saturated heterocycles. The van der Waals surface area contributed by atoms with Crippen molar-refractivity contribution in [3.63, 3.8) is 0 Å². The Morgan fingerprint density at radius 1 is 1.26 bits per heavy atom. The van der Waals surface area contributed by atoms with E-state index in [1.165, 1.54) is 0 Å². The summed E-state index contributed by atoms with van der Waals surface area (Å²) in [4.78, 5) is 11.8. The number of esters is 1. The lowest BCUT2D eigenvalue weighted by molar-refractivity contribution is -0.145. The van der Waals surface area contributed by atoms with E-state index in [1.807, 2.05) is 49.4 Å². The van der Waals surface area contributed by atoms with Crippen molar-refractivity contribution in [1.82, 2.24) is 5.09 Å². The summed E-state index contributed by atoms with van der Waals surface area (Å²) >= 11 is 6.24. The summed E-state index contributed by atoms with van der Waals surface area (Å²) in [5.74, 6) is 0.386. The first kappa shape index (κ1) is 18.0. The number of hydrogen-bond acceptors (Lipinski definition) is 4. The van der Waals surface area contributed by atoms with Gasteiger partial charge in [-0.05, 0) is 36.0 Å². The Morgan fingerprint density at radius 3 is 2.78 bits per heavy atom. The number of carbonyl (C=O) groups is 1. The lowest BCUT2D eigenvalue weighted by Gasteiger charge is -2.18. The summed E-state index contributed by atoms with van der Waals surface area (Å²) in [5.41, 5.74) is 0. The fourth-order valence-electron chi connectivity index (χ4n) is 2.04. The second-order valence-corrected chi connectivity index (χ2v) is 7.04. The molecule has 2 atom stereocenters. The first-order valence-electron chi connectivity index (χ1n) is 7.66. The molecule has 23 heavy (non-hydrogen) atoms. The number of ether oxygens (including phenoxy) is 1. The SMILES string of the molecule is CCCCOC(=O)[C@H](C)NP(Cl)Oc1cccc2ccccc12. The minimum atomic E-state index is -1.50. The molecule has 0 fully saturated rings. The van der Waals surface area contributed by atoms with Crippen LogP contribution in [0.4, 0.5) is 0 Å². The second kappa shape index (κ2) is 9.07. The van der Waals surface area contributed by atoms with Crippen molar-refractivity contribution in [1.29, 1.82) is 0 Å². The van der Waals surface area contributed by atoms with Gasteiger partial charge in [0.05, 0.1) is 6.61 Å². The van der Waals surface area contributed by atoms with Crippen LogP contribution in [-0.4, -0.2) is 18.6 Å². The van der Waals surface area contributed by atoms with Gasteiger partial charge in [-0.1, -0.05) is 49.7 Å². The number of benzene rings is 2.